The van der Waals surface area contributed by atoms with Gasteiger partial charge in [-0.2, -0.15) is 0 Å². The van der Waals surface area contributed by atoms with Gasteiger partial charge in [-0.3, -0.25) is 0 Å². The first-order valence-electron chi connectivity index (χ1n) is 48.4. The van der Waals surface area contributed by atoms with Crippen LogP contribution in [-0.4, -0.2) is 0 Å². The summed E-state index contributed by atoms with van der Waals surface area (Å²) in [4.78, 5) is 0. The van der Waals surface area contributed by atoms with Crippen LogP contribution in [0.1, 0.15) is 20.6 Å². The molecule has 0 aliphatic carbocycles. The fourth-order valence-corrected chi connectivity index (χ4v) is 18.5. The first-order chi connectivity index (χ1) is 67.3. The molecule has 25 rings (SSSR count). The monoisotopic (exact) mass is 1580 g/mol. The van der Waals surface area contributed by atoms with Gasteiger partial charge in [0.1, 0.15) is 33.5 Å². The zero-order valence-corrected chi connectivity index (χ0v) is 65.9. The molecular formula is C120H76O3. The Labute approximate surface area is 732 Å². The minimum absolute atomic E-state index is 0.203. The molecule has 0 spiro atoms. The predicted octanol–water partition coefficient (Wildman–Crippen LogP) is 34.3. The van der Waals surface area contributed by atoms with Crippen molar-refractivity contribution in [3.8, 4) is 111 Å². The van der Waals surface area contributed by atoms with Crippen LogP contribution >= 0.6 is 0 Å². The summed E-state index contributed by atoms with van der Waals surface area (Å²) in [7, 11) is 0. The average Bonchev–Trinajstić information content (AvgIpc) is 1.20. The molecule has 3 aromatic heterocycles. The van der Waals surface area contributed by atoms with Crippen molar-refractivity contribution < 1.29 is 33.8 Å². The number of benzene rings is 22. The Hall–Kier alpha value is -16.2. The molecule has 25 aromatic rings. The maximum absolute atomic E-state index is 8.83. The van der Waals surface area contributed by atoms with Crippen molar-refractivity contribution >= 4 is 130 Å². The number of fused-ring (bicyclic) bond motifs is 15. The number of rotatable bonds is 10. The third-order valence-electron chi connectivity index (χ3n) is 23.9. The number of hydrogen-bond donors (Lipinski definition) is 0. The summed E-state index contributed by atoms with van der Waals surface area (Å²) in [6.07, 6.45) is 0. The van der Waals surface area contributed by atoms with Crippen LogP contribution in [0.3, 0.4) is 0 Å². The summed E-state index contributed by atoms with van der Waals surface area (Å²) in [5, 5.41) is 17.0. The fraction of sp³-hybridized carbons (Fsp3) is 0. The van der Waals surface area contributed by atoms with Crippen molar-refractivity contribution in [1.29, 1.82) is 0 Å². The van der Waals surface area contributed by atoms with E-state index in [9.17, 15) is 0 Å². The molecule has 0 radical (unpaired) electrons. The van der Waals surface area contributed by atoms with E-state index < -0.39 is 18.1 Å². The smallest absolute Gasteiger partial charge is 0.136 e. The van der Waals surface area contributed by atoms with E-state index in [0.717, 1.165) is 208 Å². The number of furan rings is 3. The molecule has 0 bridgehead atoms. The van der Waals surface area contributed by atoms with Crippen molar-refractivity contribution in [3.05, 3.63) is 461 Å². The second-order valence-corrected chi connectivity index (χ2v) is 30.7. The number of para-hydroxylation sites is 2. The summed E-state index contributed by atoms with van der Waals surface area (Å²) in [5.41, 5.74) is 22.6. The standard InChI is InChI=1S/C44H28O.2C38H24O/c1-3-13-30(14-4-1)41-34-17-7-9-19-36(34)42(37-20-10-8-18-35(37)41)32-25-23-29(24-26-32)33-27-28-40-44(38-21-11-12-22-39(38)45-40)43(33)31-15-5-2-6-16-31;1-3-11-25(12-4-1)27-19-21-29-34-23-28(20-22-35(34)39-36(29)24-27)38-32-17-9-7-15-30(32)37(26-13-5-2-6-14-26)31-16-8-10-18-33(31)38;1-2-10-26(11-3-1)37-30-13-4-6-15-32(30)38(33-16-7-5-14-31(33)37)27-20-18-25(19-21-27)28-22-23-36-34(24-28)29-12-8-9-17-35(29)39-36/h1-28H;2*1-24H/i1D,3D,4D,13D,14D;2D,5D,6D,13D,14D;1D,2D,3D,10D,11D. The molecule has 574 valence electrons. The first kappa shape index (κ1) is 57.8. The van der Waals surface area contributed by atoms with E-state index in [1.165, 1.54) is 0 Å². The molecule has 0 saturated carbocycles. The van der Waals surface area contributed by atoms with Crippen LogP contribution in [0.2, 0.25) is 0 Å². The Balaban J connectivity index is 0.000000116. The van der Waals surface area contributed by atoms with Crippen molar-refractivity contribution in [2.24, 2.45) is 0 Å². The minimum atomic E-state index is -0.399. The van der Waals surface area contributed by atoms with E-state index in [1.54, 1.807) is 0 Å². The van der Waals surface area contributed by atoms with Gasteiger partial charge in [-0.15, -0.1) is 0 Å². The highest BCUT2D eigenvalue weighted by atomic mass is 16.3. The summed E-state index contributed by atoms with van der Waals surface area (Å²) < 4.78 is 146. The van der Waals surface area contributed by atoms with Gasteiger partial charge in [-0.25, -0.2) is 0 Å². The second-order valence-electron chi connectivity index (χ2n) is 30.7. The van der Waals surface area contributed by atoms with E-state index in [2.05, 4.69) is 164 Å². The Morgan fingerprint density at radius 2 is 0.398 bits per heavy atom. The topological polar surface area (TPSA) is 39.4 Å². The molecule has 3 nitrogen and oxygen atoms in total. The molecule has 3 heteroatoms. The second kappa shape index (κ2) is 30.6. The van der Waals surface area contributed by atoms with Crippen LogP contribution in [0.25, 0.3) is 242 Å². The van der Waals surface area contributed by atoms with Gasteiger partial charge in [0.05, 0.1) is 20.6 Å². The summed E-state index contributed by atoms with van der Waals surface area (Å²) in [6.45, 7) is 0. The quantitative estimate of drug-likeness (QED) is 0.128. The molecule has 0 atom stereocenters. The van der Waals surface area contributed by atoms with Crippen LogP contribution in [0.5, 0.6) is 0 Å². The van der Waals surface area contributed by atoms with Crippen molar-refractivity contribution in [3.63, 3.8) is 0 Å². The molecule has 0 N–H and O–H groups in total. The Bertz CT molecular complexity index is 9140. The van der Waals surface area contributed by atoms with Gasteiger partial charge in [-0.05, 0) is 225 Å². The molecule has 0 aliphatic rings. The molecule has 0 fully saturated rings. The lowest BCUT2D eigenvalue weighted by atomic mass is 9.85. The van der Waals surface area contributed by atoms with Gasteiger partial charge >= 0.3 is 0 Å². The molecular weight excluding hydrogens is 1490 g/mol. The first-order valence-corrected chi connectivity index (χ1v) is 40.9. The van der Waals surface area contributed by atoms with Crippen LogP contribution in [-0.2, 0) is 0 Å². The van der Waals surface area contributed by atoms with Crippen molar-refractivity contribution in [1.82, 2.24) is 0 Å². The van der Waals surface area contributed by atoms with E-state index in [0.29, 0.717) is 16.7 Å². The average molecular weight is 1580 g/mol. The van der Waals surface area contributed by atoms with Gasteiger partial charge in [0.2, 0.25) is 0 Å². The third kappa shape index (κ3) is 12.7. The van der Waals surface area contributed by atoms with Gasteiger partial charge in [0.25, 0.3) is 0 Å². The maximum atomic E-state index is 8.83. The maximum Gasteiger partial charge on any atom is 0.136 e. The molecule has 22 aromatic carbocycles. The fourth-order valence-electron chi connectivity index (χ4n) is 18.5. The van der Waals surface area contributed by atoms with E-state index in [1.807, 2.05) is 206 Å². The largest absolute Gasteiger partial charge is 0.456 e. The van der Waals surface area contributed by atoms with E-state index in [4.69, 9.17) is 33.8 Å². The predicted molar refractivity (Wildman–Crippen MR) is 521 cm³/mol. The Morgan fingerprint density at radius 1 is 0.138 bits per heavy atom. The zero-order valence-electron chi connectivity index (χ0n) is 80.9. The highest BCUT2D eigenvalue weighted by molar-refractivity contribution is 6.26. The molecule has 3 heterocycles. The summed E-state index contributed by atoms with van der Waals surface area (Å²) >= 11 is 0. The Morgan fingerprint density at radius 3 is 0.837 bits per heavy atom. The summed E-state index contributed by atoms with van der Waals surface area (Å²) in [6, 6.07) is 120. The molecule has 0 saturated heterocycles. The normalized spacial score (nSPS) is 13.3. The zero-order chi connectivity index (χ0) is 94.3. The molecule has 0 amide bonds. The Kier molecular flexibility index (Phi) is 14.4. The lowest BCUT2D eigenvalue weighted by Crippen LogP contribution is -1.91. The highest BCUT2D eigenvalue weighted by Gasteiger charge is 2.24. The number of hydrogen-bond acceptors (Lipinski definition) is 3. The van der Waals surface area contributed by atoms with Crippen molar-refractivity contribution in [2.45, 2.75) is 0 Å². The van der Waals surface area contributed by atoms with Crippen LogP contribution < -0.4 is 0 Å². The summed E-state index contributed by atoms with van der Waals surface area (Å²) in [5.74, 6) is 0. The van der Waals surface area contributed by atoms with Crippen LogP contribution in [0, 0.1) is 0 Å². The highest BCUT2D eigenvalue weighted by Crippen LogP contribution is 2.51. The van der Waals surface area contributed by atoms with Crippen molar-refractivity contribution in [2.75, 3.05) is 0 Å². The van der Waals surface area contributed by atoms with Gasteiger partial charge in [-0.1, -0.05) is 406 Å². The minimum Gasteiger partial charge on any atom is -0.456 e. The van der Waals surface area contributed by atoms with E-state index in [-0.39, 0.29) is 89.2 Å². The van der Waals surface area contributed by atoms with Gasteiger partial charge in [0, 0.05) is 37.9 Å². The SMILES string of the molecule is [2H]c1c([2H])c([2H])c(-c2c3ccccc3c(-c3ccc(-c4ccc5oc6ccccc6c5c4)cc3)c3ccccc23)c([2H])c1[2H].[2H]c1c([2H])c([2H])c(-c2c3ccccc3c(-c3ccc(-c4ccc5oc6ccccc6c5c4-c4ccccc4)cc3)c3ccccc23)c([2H])c1[2H].[2H]c1c([2H])c([2H])c(-c2c3ccccc3c(-c3ccc4oc5cc(-c6ccccc6)ccc5c4c3)c3ccccc23)c([2H])c1[2H]. The van der Waals surface area contributed by atoms with Gasteiger partial charge < -0.3 is 13.3 Å². The van der Waals surface area contributed by atoms with E-state index >= 15 is 0 Å². The van der Waals surface area contributed by atoms with Crippen LogP contribution in [0.15, 0.2) is 474 Å². The molecule has 123 heavy (non-hydrogen) atoms. The molecule has 0 aliphatic heterocycles. The lowest BCUT2D eigenvalue weighted by Gasteiger charge is -2.18. The molecule has 0 unspecified atom stereocenters. The van der Waals surface area contributed by atoms with Gasteiger partial charge in [0.15, 0.2) is 0 Å². The van der Waals surface area contributed by atoms with Crippen LogP contribution in [0.4, 0.5) is 0 Å². The third-order valence-corrected chi connectivity index (χ3v) is 23.9. The lowest BCUT2D eigenvalue weighted by molar-refractivity contribution is 0.668.